The number of benzene rings is 2. The number of aliphatic hydroxyl groups is 1. The maximum Gasteiger partial charge on any atom is 0.186 e. The van der Waals surface area contributed by atoms with Gasteiger partial charge in [-0.25, -0.2) is 0 Å². The van der Waals surface area contributed by atoms with E-state index in [2.05, 4.69) is 6.92 Å². The molecule has 1 saturated heterocycles. The maximum atomic E-state index is 8.78. The molecule has 21 heavy (non-hydrogen) atoms. The van der Waals surface area contributed by atoms with Crippen molar-refractivity contribution in [2.75, 3.05) is 26.6 Å². The highest BCUT2D eigenvalue weighted by Gasteiger charge is 2.37. The third-order valence-electron chi connectivity index (χ3n) is 4.13. The summed E-state index contributed by atoms with van der Waals surface area (Å²) >= 11 is 0. The lowest BCUT2D eigenvalue weighted by Crippen LogP contribution is -2.46. The fourth-order valence-electron chi connectivity index (χ4n) is 2.47. The van der Waals surface area contributed by atoms with Gasteiger partial charge in [-0.05, 0) is 41.5 Å². The molecule has 0 radical (unpaired) electrons. The van der Waals surface area contributed by atoms with Gasteiger partial charge in [-0.2, -0.15) is 0 Å². The largest absolute Gasteiger partial charge is 0.493 e. The van der Waals surface area contributed by atoms with Crippen molar-refractivity contribution in [1.29, 1.82) is 0 Å². The first-order valence-corrected chi connectivity index (χ1v) is 7.23. The van der Waals surface area contributed by atoms with E-state index in [0.29, 0.717) is 12.4 Å². The molecule has 0 bridgehead atoms. The van der Waals surface area contributed by atoms with Crippen molar-refractivity contribution in [2.45, 2.75) is 13.3 Å². The van der Waals surface area contributed by atoms with Gasteiger partial charge in [-0.1, -0.05) is 19.1 Å². The highest BCUT2D eigenvalue weighted by molar-refractivity contribution is 5.85. The number of rotatable bonds is 6. The van der Waals surface area contributed by atoms with Gasteiger partial charge in [0.1, 0.15) is 11.5 Å². The molecule has 0 spiro atoms. The molecule has 3 rings (SSSR count). The summed E-state index contributed by atoms with van der Waals surface area (Å²) in [7, 11) is 0. The predicted octanol–water partition coefficient (Wildman–Crippen LogP) is 2.97. The maximum absolute atomic E-state index is 8.78. The Hall–Kier alpha value is -1.78. The summed E-state index contributed by atoms with van der Waals surface area (Å²) in [5.41, 5.74) is 0.188. The van der Waals surface area contributed by atoms with Crippen molar-refractivity contribution < 1.29 is 19.3 Å². The molecular weight excluding hydrogens is 268 g/mol. The van der Waals surface area contributed by atoms with E-state index >= 15 is 0 Å². The molecule has 4 heteroatoms. The number of aliphatic hydroxyl groups excluding tert-OH is 1. The first kappa shape index (κ1) is 14.2. The van der Waals surface area contributed by atoms with E-state index < -0.39 is 0 Å². The molecule has 1 aliphatic heterocycles. The minimum absolute atomic E-state index is 0.188. The van der Waals surface area contributed by atoms with Gasteiger partial charge in [-0.15, -0.1) is 0 Å². The van der Waals surface area contributed by atoms with Gasteiger partial charge in [0.25, 0.3) is 0 Å². The van der Waals surface area contributed by atoms with Crippen LogP contribution >= 0.6 is 0 Å². The zero-order valence-electron chi connectivity index (χ0n) is 12.2. The summed E-state index contributed by atoms with van der Waals surface area (Å²) in [5, 5.41) is 10.9. The minimum Gasteiger partial charge on any atom is -0.493 e. The zero-order chi connectivity index (χ0) is 14.7. The SMILES string of the molecule is CCC1(COc2ccc3cc(OCO)ccc3c2)COC1. The molecule has 4 nitrogen and oxygen atoms in total. The Kier molecular flexibility index (Phi) is 3.99. The van der Waals surface area contributed by atoms with E-state index in [1.54, 1.807) is 0 Å². The molecule has 2 aromatic rings. The Bertz CT molecular complexity index is 614. The standard InChI is InChI=1S/C17H20O4/c1-2-17(9-19-10-17)11-20-15-5-3-14-8-16(21-12-18)6-4-13(14)7-15/h3-8,18H,2,9-12H2,1H3. The van der Waals surface area contributed by atoms with Crippen LogP contribution in [0.5, 0.6) is 11.5 Å². The van der Waals surface area contributed by atoms with Gasteiger partial charge in [0.2, 0.25) is 0 Å². The zero-order valence-corrected chi connectivity index (χ0v) is 12.2. The van der Waals surface area contributed by atoms with Crippen molar-refractivity contribution in [3.05, 3.63) is 36.4 Å². The van der Waals surface area contributed by atoms with Crippen LogP contribution in [-0.4, -0.2) is 31.7 Å². The second-order valence-corrected chi connectivity index (χ2v) is 5.58. The summed E-state index contributed by atoms with van der Waals surface area (Å²) in [6, 6.07) is 11.7. The van der Waals surface area contributed by atoms with Gasteiger partial charge >= 0.3 is 0 Å². The molecule has 0 unspecified atom stereocenters. The van der Waals surface area contributed by atoms with Crippen molar-refractivity contribution in [3.8, 4) is 11.5 Å². The molecular formula is C17H20O4. The van der Waals surface area contributed by atoms with E-state index in [1.807, 2.05) is 36.4 Å². The monoisotopic (exact) mass is 288 g/mol. The quantitative estimate of drug-likeness (QED) is 0.830. The molecule has 1 aliphatic rings. The molecule has 112 valence electrons. The third-order valence-corrected chi connectivity index (χ3v) is 4.13. The molecule has 1 N–H and O–H groups in total. The molecule has 1 fully saturated rings. The Morgan fingerprint density at radius 2 is 1.67 bits per heavy atom. The van der Waals surface area contributed by atoms with Crippen molar-refractivity contribution in [1.82, 2.24) is 0 Å². The summed E-state index contributed by atoms with van der Waals surface area (Å²) in [5.74, 6) is 1.54. The van der Waals surface area contributed by atoms with E-state index in [0.717, 1.165) is 36.2 Å². The van der Waals surface area contributed by atoms with Crippen LogP contribution in [-0.2, 0) is 4.74 Å². The number of hydrogen-bond donors (Lipinski definition) is 1. The van der Waals surface area contributed by atoms with Gasteiger partial charge in [0.05, 0.1) is 25.2 Å². The number of ether oxygens (including phenoxy) is 3. The van der Waals surface area contributed by atoms with E-state index in [-0.39, 0.29) is 12.2 Å². The van der Waals surface area contributed by atoms with Crippen LogP contribution in [0.3, 0.4) is 0 Å². The van der Waals surface area contributed by atoms with Gasteiger partial charge < -0.3 is 19.3 Å². The fraction of sp³-hybridized carbons (Fsp3) is 0.412. The van der Waals surface area contributed by atoms with Crippen LogP contribution in [0.25, 0.3) is 10.8 Å². The topological polar surface area (TPSA) is 47.9 Å². The van der Waals surface area contributed by atoms with Crippen molar-refractivity contribution in [2.24, 2.45) is 5.41 Å². The lowest BCUT2D eigenvalue weighted by Gasteiger charge is -2.40. The molecule has 0 amide bonds. The number of fused-ring (bicyclic) bond motifs is 1. The Labute approximate surface area is 124 Å². The Morgan fingerprint density at radius 1 is 1.05 bits per heavy atom. The summed E-state index contributed by atoms with van der Waals surface area (Å²) in [6.45, 7) is 4.14. The van der Waals surface area contributed by atoms with Crippen molar-refractivity contribution in [3.63, 3.8) is 0 Å². The molecule has 0 aromatic heterocycles. The molecule has 0 saturated carbocycles. The molecule has 0 aliphatic carbocycles. The molecule has 1 heterocycles. The number of hydrogen-bond acceptors (Lipinski definition) is 4. The second-order valence-electron chi connectivity index (χ2n) is 5.58. The average Bonchev–Trinajstić information content (AvgIpc) is 2.47. The lowest BCUT2D eigenvalue weighted by molar-refractivity contribution is -0.133. The van der Waals surface area contributed by atoms with Gasteiger partial charge in [0, 0.05) is 0 Å². The fourth-order valence-corrected chi connectivity index (χ4v) is 2.47. The third kappa shape index (κ3) is 2.96. The van der Waals surface area contributed by atoms with Crippen LogP contribution < -0.4 is 9.47 Å². The average molecular weight is 288 g/mol. The highest BCUT2D eigenvalue weighted by Crippen LogP contribution is 2.32. The van der Waals surface area contributed by atoms with Crippen LogP contribution in [0, 0.1) is 5.41 Å². The summed E-state index contributed by atoms with van der Waals surface area (Å²) in [6.07, 6.45) is 1.07. The predicted molar refractivity (Wildman–Crippen MR) is 80.7 cm³/mol. The molecule has 0 atom stereocenters. The Balaban J connectivity index is 1.73. The van der Waals surface area contributed by atoms with Crippen LogP contribution in [0.4, 0.5) is 0 Å². The van der Waals surface area contributed by atoms with E-state index in [1.165, 1.54) is 0 Å². The van der Waals surface area contributed by atoms with Gasteiger partial charge in [-0.3, -0.25) is 0 Å². The lowest BCUT2D eigenvalue weighted by atomic mass is 9.84. The van der Waals surface area contributed by atoms with E-state index in [4.69, 9.17) is 19.3 Å². The highest BCUT2D eigenvalue weighted by atomic mass is 16.6. The second kappa shape index (κ2) is 5.92. The first-order valence-electron chi connectivity index (χ1n) is 7.23. The Morgan fingerprint density at radius 3 is 2.14 bits per heavy atom. The normalized spacial score (nSPS) is 16.5. The smallest absolute Gasteiger partial charge is 0.186 e. The summed E-state index contributed by atoms with van der Waals surface area (Å²) < 4.78 is 16.3. The van der Waals surface area contributed by atoms with Gasteiger partial charge in [0.15, 0.2) is 6.79 Å². The van der Waals surface area contributed by atoms with Crippen LogP contribution in [0.2, 0.25) is 0 Å². The minimum atomic E-state index is -0.312. The van der Waals surface area contributed by atoms with Crippen LogP contribution in [0.1, 0.15) is 13.3 Å². The van der Waals surface area contributed by atoms with E-state index in [9.17, 15) is 0 Å². The van der Waals surface area contributed by atoms with Crippen molar-refractivity contribution >= 4 is 10.8 Å². The first-order chi connectivity index (χ1) is 10.2. The molecule has 2 aromatic carbocycles. The van der Waals surface area contributed by atoms with Crippen LogP contribution in [0.15, 0.2) is 36.4 Å². The summed E-state index contributed by atoms with van der Waals surface area (Å²) in [4.78, 5) is 0.